The van der Waals surface area contributed by atoms with E-state index in [0.29, 0.717) is 16.3 Å². The first-order valence-electron chi connectivity index (χ1n) is 6.99. The molecular formula is C14H18Br2FNO2S. The second-order valence-electron chi connectivity index (χ2n) is 5.17. The van der Waals surface area contributed by atoms with Crippen LogP contribution in [0.25, 0.3) is 0 Å². The molecule has 0 aliphatic heterocycles. The lowest BCUT2D eigenvalue weighted by Gasteiger charge is -2.33. The van der Waals surface area contributed by atoms with Crippen LogP contribution < -0.4 is 0 Å². The minimum Gasteiger partial charge on any atom is -0.207 e. The molecule has 0 atom stereocenters. The predicted molar refractivity (Wildman–Crippen MR) is 88.7 cm³/mol. The van der Waals surface area contributed by atoms with Crippen LogP contribution >= 0.6 is 31.9 Å². The van der Waals surface area contributed by atoms with E-state index in [1.165, 1.54) is 16.4 Å². The fraction of sp³-hybridized carbons (Fsp3) is 0.571. The Morgan fingerprint density at radius 3 is 2.48 bits per heavy atom. The average Bonchev–Trinajstić information content (AvgIpc) is 2.45. The number of hydrogen-bond acceptors (Lipinski definition) is 2. The minimum absolute atomic E-state index is 0.0238. The summed E-state index contributed by atoms with van der Waals surface area (Å²) in [7, 11) is -3.80. The molecule has 0 amide bonds. The van der Waals surface area contributed by atoms with Crippen LogP contribution in [0.5, 0.6) is 0 Å². The van der Waals surface area contributed by atoms with Crippen LogP contribution in [0.15, 0.2) is 27.6 Å². The van der Waals surface area contributed by atoms with E-state index in [4.69, 9.17) is 0 Å². The van der Waals surface area contributed by atoms with Gasteiger partial charge in [0.2, 0.25) is 10.0 Å². The summed E-state index contributed by atoms with van der Waals surface area (Å²) in [5.74, 6) is -0.709. The van der Waals surface area contributed by atoms with E-state index in [1.54, 1.807) is 6.07 Å². The second-order valence-corrected chi connectivity index (χ2v) is 8.74. The molecule has 1 aliphatic carbocycles. The summed E-state index contributed by atoms with van der Waals surface area (Å²) in [6.07, 6.45) is 4.91. The van der Waals surface area contributed by atoms with Crippen molar-refractivity contribution in [2.24, 2.45) is 0 Å². The lowest BCUT2D eigenvalue weighted by Crippen LogP contribution is -2.42. The Bertz CT molecular complexity index is 589. The van der Waals surface area contributed by atoms with E-state index in [0.717, 1.165) is 32.1 Å². The molecule has 7 heteroatoms. The van der Waals surface area contributed by atoms with Crippen molar-refractivity contribution >= 4 is 41.9 Å². The molecule has 0 spiro atoms. The lowest BCUT2D eigenvalue weighted by molar-refractivity contribution is 0.262. The summed E-state index contributed by atoms with van der Waals surface area (Å²) in [5.41, 5.74) is 0. The maximum Gasteiger partial charge on any atom is 0.246 e. The molecule has 2 rings (SSSR count). The van der Waals surface area contributed by atoms with Crippen LogP contribution in [0, 0.1) is 5.82 Å². The molecule has 1 fully saturated rings. The Morgan fingerprint density at radius 2 is 1.90 bits per heavy atom. The van der Waals surface area contributed by atoms with Gasteiger partial charge >= 0.3 is 0 Å². The zero-order valence-electron chi connectivity index (χ0n) is 11.6. The molecule has 3 nitrogen and oxygen atoms in total. The first-order chi connectivity index (χ1) is 9.96. The third-order valence-electron chi connectivity index (χ3n) is 3.77. The molecular weight excluding hydrogens is 425 g/mol. The minimum atomic E-state index is -3.80. The molecule has 1 aromatic carbocycles. The molecule has 21 heavy (non-hydrogen) atoms. The monoisotopic (exact) mass is 441 g/mol. The topological polar surface area (TPSA) is 37.4 Å². The summed E-state index contributed by atoms with van der Waals surface area (Å²) in [4.78, 5) is -0.239. The summed E-state index contributed by atoms with van der Waals surface area (Å²) in [6, 6.07) is 4.06. The number of sulfonamides is 1. The summed E-state index contributed by atoms with van der Waals surface area (Å²) in [6.45, 7) is 0.364. The molecule has 0 N–H and O–H groups in total. The number of halogens is 3. The van der Waals surface area contributed by atoms with E-state index in [1.807, 2.05) is 0 Å². The lowest BCUT2D eigenvalue weighted by atomic mass is 9.95. The number of hydrogen-bond donors (Lipinski definition) is 0. The van der Waals surface area contributed by atoms with Gasteiger partial charge < -0.3 is 0 Å². The van der Waals surface area contributed by atoms with E-state index in [2.05, 4.69) is 31.9 Å². The molecule has 0 radical (unpaired) electrons. The van der Waals surface area contributed by atoms with Gasteiger partial charge in [-0.05, 0) is 31.0 Å². The SMILES string of the molecule is O=S(=O)(c1ccc(Br)cc1F)N(CCBr)C1CCCCC1. The van der Waals surface area contributed by atoms with Crippen molar-refractivity contribution in [2.75, 3.05) is 11.9 Å². The van der Waals surface area contributed by atoms with E-state index < -0.39 is 15.8 Å². The second kappa shape index (κ2) is 7.53. The van der Waals surface area contributed by atoms with Crippen LogP contribution in [-0.2, 0) is 10.0 Å². The van der Waals surface area contributed by atoms with Gasteiger partial charge in [0.15, 0.2) is 0 Å². The predicted octanol–water partition coefficient (Wildman–Crippen LogP) is 4.31. The van der Waals surface area contributed by atoms with Crippen molar-refractivity contribution in [1.29, 1.82) is 0 Å². The van der Waals surface area contributed by atoms with Gasteiger partial charge in [-0.1, -0.05) is 51.1 Å². The Kier molecular flexibility index (Phi) is 6.23. The first-order valence-corrected chi connectivity index (χ1v) is 10.3. The fourth-order valence-electron chi connectivity index (χ4n) is 2.76. The Balaban J connectivity index is 2.36. The Hall–Kier alpha value is 0.0200. The van der Waals surface area contributed by atoms with Crippen LogP contribution in [0.2, 0.25) is 0 Å². The van der Waals surface area contributed by atoms with Crippen LogP contribution in [0.1, 0.15) is 32.1 Å². The quantitative estimate of drug-likeness (QED) is 0.637. The summed E-state index contributed by atoms with van der Waals surface area (Å²) >= 11 is 6.46. The van der Waals surface area contributed by atoms with E-state index in [9.17, 15) is 12.8 Å². The highest BCUT2D eigenvalue weighted by Gasteiger charge is 2.33. The molecule has 1 aromatic rings. The highest BCUT2D eigenvalue weighted by atomic mass is 79.9. The van der Waals surface area contributed by atoms with E-state index in [-0.39, 0.29) is 10.9 Å². The maximum absolute atomic E-state index is 14.1. The molecule has 0 unspecified atom stereocenters. The van der Waals surface area contributed by atoms with Gasteiger partial charge in [-0.2, -0.15) is 4.31 Å². The van der Waals surface area contributed by atoms with Crippen LogP contribution in [0.3, 0.4) is 0 Å². The number of benzene rings is 1. The third-order valence-corrected chi connectivity index (χ3v) is 6.60. The molecule has 1 saturated carbocycles. The standard InChI is InChI=1S/C14H18Br2FNO2S/c15-8-9-18(12-4-2-1-3-5-12)21(19,20)14-7-6-11(16)10-13(14)17/h6-7,10,12H,1-5,8-9H2. The molecule has 1 aliphatic rings. The van der Waals surface area contributed by atoms with Crippen molar-refractivity contribution in [2.45, 2.75) is 43.0 Å². The molecule has 0 bridgehead atoms. The van der Waals surface area contributed by atoms with Crippen molar-refractivity contribution in [1.82, 2.24) is 4.31 Å². The summed E-state index contributed by atoms with van der Waals surface area (Å²) in [5, 5.41) is 0.543. The average molecular weight is 443 g/mol. The largest absolute Gasteiger partial charge is 0.246 e. The van der Waals surface area contributed by atoms with Crippen LogP contribution in [-0.4, -0.2) is 30.6 Å². The van der Waals surface area contributed by atoms with E-state index >= 15 is 0 Å². The zero-order chi connectivity index (χ0) is 15.5. The van der Waals surface area contributed by atoms with Gasteiger partial charge in [0.1, 0.15) is 10.7 Å². The van der Waals surface area contributed by atoms with Crippen LogP contribution in [0.4, 0.5) is 4.39 Å². The van der Waals surface area contributed by atoms with Gasteiger partial charge in [0.05, 0.1) is 0 Å². The van der Waals surface area contributed by atoms with Crippen molar-refractivity contribution in [3.63, 3.8) is 0 Å². The highest BCUT2D eigenvalue weighted by molar-refractivity contribution is 9.10. The molecule has 0 heterocycles. The molecule has 0 saturated heterocycles. The zero-order valence-corrected chi connectivity index (χ0v) is 15.6. The fourth-order valence-corrected chi connectivity index (χ4v) is 5.44. The first kappa shape index (κ1) is 17.4. The molecule has 118 valence electrons. The Morgan fingerprint density at radius 1 is 1.24 bits per heavy atom. The van der Waals surface area contributed by atoms with Gasteiger partial charge in [0.25, 0.3) is 0 Å². The van der Waals surface area contributed by atoms with Gasteiger partial charge in [0, 0.05) is 22.4 Å². The Labute approximate surface area is 142 Å². The number of nitrogens with zero attached hydrogens (tertiary/aromatic N) is 1. The number of alkyl halides is 1. The van der Waals surface area contributed by atoms with Gasteiger partial charge in [-0.15, -0.1) is 0 Å². The van der Waals surface area contributed by atoms with Crippen molar-refractivity contribution in [3.8, 4) is 0 Å². The smallest absolute Gasteiger partial charge is 0.207 e. The van der Waals surface area contributed by atoms with Crippen molar-refractivity contribution < 1.29 is 12.8 Å². The highest BCUT2D eigenvalue weighted by Crippen LogP contribution is 2.29. The van der Waals surface area contributed by atoms with Gasteiger partial charge in [-0.3, -0.25) is 0 Å². The third kappa shape index (κ3) is 4.06. The summed E-state index contributed by atoms with van der Waals surface area (Å²) < 4.78 is 41.7. The normalized spacial score (nSPS) is 17.3. The molecule has 0 aromatic heterocycles. The number of rotatable bonds is 5. The maximum atomic E-state index is 14.1. The van der Waals surface area contributed by atoms with Crippen molar-refractivity contribution in [3.05, 3.63) is 28.5 Å². The van der Waals surface area contributed by atoms with Gasteiger partial charge in [-0.25, -0.2) is 12.8 Å².